The van der Waals surface area contributed by atoms with Gasteiger partial charge >= 0.3 is 11.9 Å². The Labute approximate surface area is 332 Å². The number of esters is 2. The van der Waals surface area contributed by atoms with E-state index >= 15 is 0 Å². The van der Waals surface area contributed by atoms with Crippen molar-refractivity contribution in [2.45, 2.75) is 211 Å². The van der Waals surface area contributed by atoms with Crippen molar-refractivity contribution >= 4 is 22.1 Å². The highest BCUT2D eigenvalue weighted by atomic mass is 32.2. The fraction of sp³-hybridized carbons (Fsp3) is 0.857. The maximum Gasteiger partial charge on any atom is 0.306 e. The van der Waals surface area contributed by atoms with Gasteiger partial charge in [0.25, 0.3) is 10.1 Å². The molecule has 0 bridgehead atoms. The van der Waals surface area contributed by atoms with Crippen molar-refractivity contribution in [3.8, 4) is 0 Å². The number of ether oxygens (including phenoxy) is 4. The van der Waals surface area contributed by atoms with E-state index in [0.29, 0.717) is 12.8 Å². The van der Waals surface area contributed by atoms with Crippen LogP contribution < -0.4 is 0 Å². The van der Waals surface area contributed by atoms with E-state index < -0.39 is 71.2 Å². The zero-order chi connectivity index (χ0) is 40.6. The summed E-state index contributed by atoms with van der Waals surface area (Å²) in [6.07, 6.45) is 25.2. The van der Waals surface area contributed by atoms with Crippen molar-refractivity contribution in [3.63, 3.8) is 0 Å². The number of hydrogen-bond acceptors (Lipinski definition) is 11. The van der Waals surface area contributed by atoms with Crippen LogP contribution in [0.2, 0.25) is 0 Å². The predicted molar refractivity (Wildman–Crippen MR) is 215 cm³/mol. The van der Waals surface area contributed by atoms with Crippen LogP contribution in [-0.2, 0) is 38.7 Å². The van der Waals surface area contributed by atoms with Crippen molar-refractivity contribution in [2.24, 2.45) is 0 Å². The average molecular weight is 805 g/mol. The number of aliphatic hydroxyl groups excluding tert-OH is 3. The SMILES string of the molecule is CCCCCCCC/C=C/C/C=C/CCCCC(=O)O[C@H](COC(=O)CCCCCCCCCCCCCC)CO[C@H]1O[C@H](CS(=O)(=O)O)[C@@H](O)C(O)C1O. The summed E-state index contributed by atoms with van der Waals surface area (Å²) in [4.78, 5) is 25.3. The molecule has 1 heterocycles. The molecular formula is C42H76O12S. The van der Waals surface area contributed by atoms with E-state index in [4.69, 9.17) is 18.9 Å². The maximum atomic E-state index is 12.8. The molecule has 13 heteroatoms. The second-order valence-electron chi connectivity index (χ2n) is 15.0. The van der Waals surface area contributed by atoms with Crippen LogP contribution in [0, 0.1) is 0 Å². The first-order valence-electron chi connectivity index (χ1n) is 21.4. The summed E-state index contributed by atoms with van der Waals surface area (Å²) in [6.45, 7) is 3.71. The molecule has 0 radical (unpaired) electrons. The molecule has 55 heavy (non-hydrogen) atoms. The molecule has 1 rings (SSSR count). The van der Waals surface area contributed by atoms with E-state index in [1.54, 1.807) is 0 Å². The molecule has 0 amide bonds. The van der Waals surface area contributed by atoms with Gasteiger partial charge in [-0.3, -0.25) is 14.1 Å². The second kappa shape index (κ2) is 33.1. The molecule has 0 spiro atoms. The summed E-state index contributed by atoms with van der Waals surface area (Å²) in [5, 5.41) is 30.8. The summed E-state index contributed by atoms with van der Waals surface area (Å²) in [6, 6.07) is 0. The molecule has 6 atom stereocenters. The summed E-state index contributed by atoms with van der Waals surface area (Å²) >= 11 is 0. The van der Waals surface area contributed by atoms with Crippen molar-refractivity contribution in [1.29, 1.82) is 0 Å². The molecule has 4 N–H and O–H groups in total. The molecule has 1 fully saturated rings. The highest BCUT2D eigenvalue weighted by Crippen LogP contribution is 2.24. The monoisotopic (exact) mass is 805 g/mol. The van der Waals surface area contributed by atoms with Gasteiger partial charge in [0.1, 0.15) is 36.8 Å². The van der Waals surface area contributed by atoms with E-state index in [2.05, 4.69) is 38.2 Å². The van der Waals surface area contributed by atoms with Crippen molar-refractivity contribution in [1.82, 2.24) is 0 Å². The minimum atomic E-state index is -4.60. The van der Waals surface area contributed by atoms with E-state index in [-0.39, 0.29) is 19.4 Å². The lowest BCUT2D eigenvalue weighted by Gasteiger charge is -2.40. The van der Waals surface area contributed by atoms with Gasteiger partial charge in [-0.2, -0.15) is 8.42 Å². The molecule has 2 unspecified atom stereocenters. The molecule has 0 aromatic carbocycles. The van der Waals surface area contributed by atoms with Crippen LogP contribution in [0.4, 0.5) is 0 Å². The van der Waals surface area contributed by atoms with Gasteiger partial charge in [-0.05, 0) is 44.9 Å². The highest BCUT2D eigenvalue weighted by Gasteiger charge is 2.46. The Balaban J connectivity index is 2.51. The van der Waals surface area contributed by atoms with Crippen LogP contribution in [0.3, 0.4) is 0 Å². The van der Waals surface area contributed by atoms with Gasteiger partial charge in [-0.15, -0.1) is 0 Å². The first-order valence-corrected chi connectivity index (χ1v) is 23.0. The molecule has 322 valence electrons. The Kier molecular flexibility index (Phi) is 30.8. The fourth-order valence-corrected chi connectivity index (χ4v) is 7.10. The summed E-state index contributed by atoms with van der Waals surface area (Å²) in [5.74, 6) is -2.02. The number of unbranched alkanes of at least 4 members (excludes halogenated alkanes) is 19. The Morgan fingerprint density at radius 1 is 0.618 bits per heavy atom. The molecule has 1 aliphatic rings. The zero-order valence-corrected chi connectivity index (χ0v) is 34.9. The van der Waals surface area contributed by atoms with Crippen molar-refractivity contribution in [3.05, 3.63) is 24.3 Å². The quantitative estimate of drug-likeness (QED) is 0.0209. The maximum absolute atomic E-state index is 12.8. The predicted octanol–water partition coefficient (Wildman–Crippen LogP) is 8.06. The molecular weight excluding hydrogens is 729 g/mol. The Bertz CT molecular complexity index is 1130. The Morgan fingerprint density at radius 3 is 1.64 bits per heavy atom. The number of carbonyl (C=O) groups excluding carboxylic acids is 2. The zero-order valence-electron chi connectivity index (χ0n) is 34.0. The number of carbonyl (C=O) groups is 2. The van der Waals surface area contributed by atoms with Crippen LogP contribution in [0.15, 0.2) is 24.3 Å². The first-order chi connectivity index (χ1) is 26.5. The molecule has 12 nitrogen and oxygen atoms in total. The highest BCUT2D eigenvalue weighted by molar-refractivity contribution is 7.85. The van der Waals surface area contributed by atoms with Gasteiger partial charge in [0.05, 0.1) is 6.61 Å². The standard InChI is InChI=1S/C42H76O12S/c1-3-5-7-9-11-13-15-17-18-19-21-23-25-27-29-31-38(44)53-35(33-52-42-41(47)40(46)39(45)36(54-42)34-55(48,49)50)32-51-37(43)30-28-26-24-22-20-16-14-12-10-8-6-4-2/h17-18,21,23,35-36,39-42,45-47H,3-16,19-20,22,24-34H2,1-2H3,(H,48,49,50)/b18-17+,23-21+/t35-,36-,39-,40?,41?,42+/m1/s1. The van der Waals surface area contributed by atoms with Crippen molar-refractivity contribution in [2.75, 3.05) is 19.0 Å². The van der Waals surface area contributed by atoms with E-state index in [1.165, 1.54) is 89.9 Å². The second-order valence-corrected chi connectivity index (χ2v) is 16.5. The van der Waals surface area contributed by atoms with Gasteiger partial charge in [0.15, 0.2) is 12.4 Å². The van der Waals surface area contributed by atoms with Crippen LogP contribution in [0.5, 0.6) is 0 Å². The summed E-state index contributed by atoms with van der Waals surface area (Å²) in [7, 11) is -4.60. The normalized spacial score (nSPS) is 21.0. The third-order valence-corrected chi connectivity index (χ3v) is 10.5. The average Bonchev–Trinajstić information content (AvgIpc) is 3.14. The number of rotatable bonds is 35. The molecule has 0 saturated carbocycles. The summed E-state index contributed by atoms with van der Waals surface area (Å²) in [5.41, 5.74) is 0. The van der Waals surface area contributed by atoms with Crippen LogP contribution in [0.25, 0.3) is 0 Å². The van der Waals surface area contributed by atoms with Gasteiger partial charge in [0, 0.05) is 12.8 Å². The van der Waals surface area contributed by atoms with E-state index in [9.17, 15) is 37.9 Å². The van der Waals surface area contributed by atoms with Crippen molar-refractivity contribution < 1.29 is 56.8 Å². The lowest BCUT2D eigenvalue weighted by Crippen LogP contribution is -2.60. The summed E-state index contributed by atoms with van der Waals surface area (Å²) < 4.78 is 53.9. The van der Waals surface area contributed by atoms with Crippen LogP contribution in [0.1, 0.15) is 174 Å². The number of hydrogen-bond donors (Lipinski definition) is 4. The van der Waals surface area contributed by atoms with Crippen LogP contribution >= 0.6 is 0 Å². The minimum absolute atomic E-state index is 0.124. The third-order valence-electron chi connectivity index (χ3n) is 9.78. The number of allylic oxidation sites excluding steroid dienone is 4. The van der Waals surface area contributed by atoms with Crippen LogP contribution in [-0.4, -0.2) is 96.0 Å². The smallest absolute Gasteiger partial charge is 0.306 e. The molecule has 1 saturated heterocycles. The Hall–Kier alpha value is -1.87. The van der Waals surface area contributed by atoms with Gasteiger partial charge in [-0.1, -0.05) is 141 Å². The number of aliphatic hydroxyl groups is 3. The molecule has 0 aromatic rings. The van der Waals surface area contributed by atoms with Gasteiger partial charge in [-0.25, -0.2) is 0 Å². The topological polar surface area (TPSA) is 186 Å². The van der Waals surface area contributed by atoms with Gasteiger partial charge in [0.2, 0.25) is 0 Å². The Morgan fingerprint density at radius 2 is 1.09 bits per heavy atom. The lowest BCUT2D eigenvalue weighted by molar-refractivity contribution is -0.297. The molecule has 1 aliphatic heterocycles. The largest absolute Gasteiger partial charge is 0.462 e. The first kappa shape index (κ1) is 51.1. The third kappa shape index (κ3) is 28.2. The van der Waals surface area contributed by atoms with E-state index in [1.807, 2.05) is 0 Å². The fourth-order valence-electron chi connectivity index (χ4n) is 6.41. The molecule has 0 aromatic heterocycles. The van der Waals surface area contributed by atoms with Gasteiger partial charge < -0.3 is 34.3 Å². The lowest BCUT2D eigenvalue weighted by atomic mass is 10.00. The minimum Gasteiger partial charge on any atom is -0.462 e. The molecule has 0 aliphatic carbocycles. The van der Waals surface area contributed by atoms with E-state index in [0.717, 1.165) is 44.9 Å².